The first-order chi connectivity index (χ1) is 10.1. The Morgan fingerprint density at radius 2 is 2.29 bits per heavy atom. The van der Waals surface area contributed by atoms with Gasteiger partial charge in [-0.15, -0.1) is 0 Å². The van der Waals surface area contributed by atoms with Crippen molar-refractivity contribution in [3.8, 4) is 0 Å². The highest BCUT2D eigenvalue weighted by Crippen LogP contribution is 2.22. The molecule has 1 N–H and O–H groups in total. The second-order valence-corrected chi connectivity index (χ2v) is 5.51. The highest BCUT2D eigenvalue weighted by atomic mass is 35.5. The van der Waals surface area contributed by atoms with Crippen LogP contribution in [0.5, 0.6) is 0 Å². The van der Waals surface area contributed by atoms with E-state index in [1.165, 1.54) is 0 Å². The highest BCUT2D eigenvalue weighted by Gasteiger charge is 2.08. The van der Waals surface area contributed by atoms with E-state index in [-0.39, 0.29) is 18.6 Å². The first kappa shape index (κ1) is 15.8. The van der Waals surface area contributed by atoms with Crippen molar-refractivity contribution in [2.24, 2.45) is 0 Å². The fraction of sp³-hybridized carbons (Fsp3) is 0.467. The predicted molar refractivity (Wildman–Crippen MR) is 83.5 cm³/mol. The molecular weight excluding hydrogens is 290 g/mol. The summed E-state index contributed by atoms with van der Waals surface area (Å²) in [6, 6.07) is 5.56. The molecule has 1 aromatic carbocycles. The van der Waals surface area contributed by atoms with Crippen LogP contribution in [-0.2, 0) is 16.1 Å². The molecule has 0 aliphatic rings. The minimum absolute atomic E-state index is 0.0653. The van der Waals surface area contributed by atoms with Gasteiger partial charge >= 0.3 is 0 Å². The molecule has 0 radical (unpaired) electrons. The van der Waals surface area contributed by atoms with Crippen LogP contribution in [-0.4, -0.2) is 34.9 Å². The van der Waals surface area contributed by atoms with E-state index in [4.69, 9.17) is 16.3 Å². The zero-order valence-electron chi connectivity index (χ0n) is 12.3. The molecule has 21 heavy (non-hydrogen) atoms. The number of fused-ring (bicyclic) bond motifs is 1. The van der Waals surface area contributed by atoms with Crippen LogP contribution in [0.4, 0.5) is 0 Å². The number of nitrogens with one attached hydrogen (secondary N) is 1. The molecule has 1 heterocycles. The molecule has 0 spiro atoms. The number of hydrogen-bond donors (Lipinski definition) is 1. The lowest BCUT2D eigenvalue weighted by atomic mass is 10.2. The van der Waals surface area contributed by atoms with E-state index >= 15 is 0 Å². The monoisotopic (exact) mass is 309 g/mol. The summed E-state index contributed by atoms with van der Waals surface area (Å²) in [5.74, 6) is -0.0653. The van der Waals surface area contributed by atoms with Gasteiger partial charge in [0.05, 0.1) is 22.8 Å². The molecule has 1 aromatic heterocycles. The van der Waals surface area contributed by atoms with Crippen molar-refractivity contribution in [2.75, 3.05) is 13.2 Å². The van der Waals surface area contributed by atoms with Gasteiger partial charge in [0.1, 0.15) is 6.54 Å². The van der Waals surface area contributed by atoms with Crippen molar-refractivity contribution >= 4 is 28.4 Å². The van der Waals surface area contributed by atoms with Crippen LogP contribution in [0.15, 0.2) is 24.4 Å². The third-order valence-corrected chi connectivity index (χ3v) is 3.35. The van der Waals surface area contributed by atoms with Gasteiger partial charge in [-0.25, -0.2) is 0 Å². The number of carbonyl (C=O) groups excluding carboxylic acids is 1. The van der Waals surface area contributed by atoms with Crippen molar-refractivity contribution in [3.05, 3.63) is 29.4 Å². The molecule has 0 aliphatic carbocycles. The molecule has 0 saturated carbocycles. The smallest absolute Gasteiger partial charge is 0.241 e. The maximum atomic E-state index is 11.9. The molecular formula is C15H20ClN3O2. The van der Waals surface area contributed by atoms with Crippen molar-refractivity contribution in [1.29, 1.82) is 0 Å². The summed E-state index contributed by atoms with van der Waals surface area (Å²) in [5.41, 5.74) is 0.862. The minimum atomic E-state index is -0.0653. The Morgan fingerprint density at radius 3 is 3.05 bits per heavy atom. The van der Waals surface area contributed by atoms with E-state index in [1.54, 1.807) is 10.9 Å². The van der Waals surface area contributed by atoms with E-state index in [0.717, 1.165) is 17.3 Å². The molecule has 0 unspecified atom stereocenters. The Labute approximate surface area is 129 Å². The number of amides is 1. The van der Waals surface area contributed by atoms with E-state index in [9.17, 15) is 4.79 Å². The van der Waals surface area contributed by atoms with E-state index < -0.39 is 0 Å². The van der Waals surface area contributed by atoms with Gasteiger partial charge in [0.2, 0.25) is 5.91 Å². The number of aromatic nitrogens is 2. The van der Waals surface area contributed by atoms with Gasteiger partial charge in [0.25, 0.3) is 0 Å². The summed E-state index contributed by atoms with van der Waals surface area (Å²) < 4.78 is 7.07. The predicted octanol–water partition coefficient (Wildman–Crippen LogP) is 2.62. The lowest BCUT2D eigenvalue weighted by Crippen LogP contribution is -2.29. The van der Waals surface area contributed by atoms with Gasteiger partial charge in [-0.3, -0.25) is 9.48 Å². The maximum Gasteiger partial charge on any atom is 0.241 e. The average molecular weight is 310 g/mol. The van der Waals surface area contributed by atoms with Crippen LogP contribution >= 0.6 is 11.6 Å². The third-order valence-electron chi connectivity index (χ3n) is 3.02. The van der Waals surface area contributed by atoms with Gasteiger partial charge < -0.3 is 10.1 Å². The fourth-order valence-electron chi connectivity index (χ4n) is 2.01. The molecule has 5 nitrogen and oxygen atoms in total. The number of benzene rings is 1. The molecule has 0 fully saturated rings. The van der Waals surface area contributed by atoms with Crippen molar-refractivity contribution < 1.29 is 9.53 Å². The van der Waals surface area contributed by atoms with E-state index in [2.05, 4.69) is 10.4 Å². The maximum absolute atomic E-state index is 11.9. The summed E-state index contributed by atoms with van der Waals surface area (Å²) in [4.78, 5) is 11.9. The first-order valence-electron chi connectivity index (χ1n) is 7.06. The van der Waals surface area contributed by atoms with Crippen LogP contribution in [0.1, 0.15) is 20.3 Å². The lowest BCUT2D eigenvalue weighted by Gasteiger charge is -2.08. The van der Waals surface area contributed by atoms with Crippen LogP contribution in [0.2, 0.25) is 5.02 Å². The summed E-state index contributed by atoms with van der Waals surface area (Å²) >= 11 is 6.08. The van der Waals surface area contributed by atoms with Gasteiger partial charge in [-0.2, -0.15) is 5.10 Å². The summed E-state index contributed by atoms with van der Waals surface area (Å²) in [6.07, 6.45) is 2.71. The topological polar surface area (TPSA) is 56.1 Å². The van der Waals surface area contributed by atoms with Gasteiger partial charge in [-0.1, -0.05) is 17.7 Å². The van der Waals surface area contributed by atoms with Crippen molar-refractivity contribution in [3.63, 3.8) is 0 Å². The van der Waals surface area contributed by atoms with Gasteiger partial charge in [0.15, 0.2) is 0 Å². The molecule has 0 aliphatic heterocycles. The summed E-state index contributed by atoms with van der Waals surface area (Å²) in [7, 11) is 0. The van der Waals surface area contributed by atoms with Crippen LogP contribution in [0.3, 0.4) is 0 Å². The molecule has 114 valence electrons. The molecule has 0 saturated heterocycles. The molecule has 2 rings (SSSR count). The van der Waals surface area contributed by atoms with Crippen LogP contribution < -0.4 is 5.32 Å². The Kier molecular flexibility index (Phi) is 5.59. The van der Waals surface area contributed by atoms with Gasteiger partial charge in [0, 0.05) is 18.5 Å². The number of rotatable bonds is 7. The fourth-order valence-corrected chi connectivity index (χ4v) is 2.22. The van der Waals surface area contributed by atoms with Crippen molar-refractivity contribution in [1.82, 2.24) is 15.1 Å². The Balaban J connectivity index is 1.83. The van der Waals surface area contributed by atoms with E-state index in [1.807, 2.05) is 32.0 Å². The van der Waals surface area contributed by atoms with Crippen molar-refractivity contribution in [2.45, 2.75) is 32.9 Å². The zero-order chi connectivity index (χ0) is 15.2. The molecule has 2 aromatic rings. The van der Waals surface area contributed by atoms with Crippen LogP contribution in [0.25, 0.3) is 10.9 Å². The quantitative estimate of drug-likeness (QED) is 0.800. The Hall–Kier alpha value is -1.59. The number of hydrogen-bond acceptors (Lipinski definition) is 3. The molecule has 0 atom stereocenters. The SMILES string of the molecule is CC(C)OCCCNC(=O)Cn1ncc2c(Cl)cccc21. The number of ether oxygens (including phenoxy) is 1. The first-order valence-corrected chi connectivity index (χ1v) is 7.44. The Bertz CT molecular complexity index is 610. The number of carbonyl (C=O) groups is 1. The highest BCUT2D eigenvalue weighted by molar-refractivity contribution is 6.35. The molecule has 6 heteroatoms. The van der Waals surface area contributed by atoms with Gasteiger partial charge in [-0.05, 0) is 32.4 Å². The minimum Gasteiger partial charge on any atom is -0.379 e. The second-order valence-electron chi connectivity index (χ2n) is 5.10. The Morgan fingerprint density at radius 1 is 1.48 bits per heavy atom. The lowest BCUT2D eigenvalue weighted by molar-refractivity contribution is -0.121. The van der Waals surface area contributed by atoms with E-state index in [0.29, 0.717) is 18.2 Å². The number of nitrogens with zero attached hydrogens (tertiary/aromatic N) is 2. The normalized spacial score (nSPS) is 11.2. The van der Waals surface area contributed by atoms with Crippen LogP contribution in [0, 0.1) is 0 Å². The standard InChI is InChI=1S/C15H20ClN3O2/c1-11(2)21-8-4-7-17-15(20)10-19-14-6-3-5-13(16)12(14)9-18-19/h3,5-6,9,11H,4,7-8,10H2,1-2H3,(H,17,20). The second kappa shape index (κ2) is 7.43. The molecule has 1 amide bonds. The summed E-state index contributed by atoms with van der Waals surface area (Å²) in [5, 5.41) is 8.57. The molecule has 0 bridgehead atoms. The number of halogens is 1. The zero-order valence-corrected chi connectivity index (χ0v) is 13.1. The summed E-state index contributed by atoms with van der Waals surface area (Å²) in [6.45, 7) is 5.43. The third kappa shape index (κ3) is 4.44. The average Bonchev–Trinajstić information content (AvgIpc) is 2.83. The largest absolute Gasteiger partial charge is 0.379 e.